The third kappa shape index (κ3) is 2.42. The molecule has 0 spiro atoms. The van der Waals surface area contributed by atoms with Crippen LogP contribution < -0.4 is 0 Å². The van der Waals surface area contributed by atoms with E-state index in [-0.39, 0.29) is 0 Å². The van der Waals surface area contributed by atoms with Crippen molar-refractivity contribution in [2.45, 2.75) is 38.5 Å². The summed E-state index contributed by atoms with van der Waals surface area (Å²) in [6, 6.07) is 0. The van der Waals surface area contributed by atoms with E-state index in [0.717, 1.165) is 53.3 Å². The van der Waals surface area contributed by atoms with Gasteiger partial charge in [-0.15, -0.1) is 33.0 Å². The Hall–Kier alpha value is -1.03. The lowest BCUT2D eigenvalue weighted by molar-refractivity contribution is 0.541. The Bertz CT molecular complexity index is 716. The highest BCUT2D eigenvalue weighted by Gasteiger charge is 2.53. The lowest BCUT2D eigenvalue weighted by Gasteiger charge is -2.32. The highest BCUT2D eigenvalue weighted by atomic mass is 27.2. The molecule has 0 radical (unpaired) electrons. The van der Waals surface area contributed by atoms with Crippen LogP contribution in [0.2, 0.25) is 0 Å². The second-order valence-corrected chi connectivity index (χ2v) is 13.5. The number of hydrogen-bond acceptors (Lipinski definition) is 0. The molecule has 28 heavy (non-hydrogen) atoms. The molecule has 6 aliphatic carbocycles. The normalized spacial score (nSPS) is 47.1. The van der Waals surface area contributed by atoms with Crippen LogP contribution in [-0.2, 0) is 0 Å². The topological polar surface area (TPSA) is 0 Å². The molecular weight excluding hydrogens is 351 g/mol. The van der Waals surface area contributed by atoms with E-state index in [4.69, 9.17) is 0 Å². The second-order valence-electron chi connectivity index (χ2n) is 10.6. The summed E-state index contributed by atoms with van der Waals surface area (Å²) in [5, 5.41) is 0. The summed E-state index contributed by atoms with van der Waals surface area (Å²) in [6.45, 7) is 12.4. The molecular formula is C27H33Al. The van der Waals surface area contributed by atoms with Crippen LogP contribution in [-0.4, -0.2) is 14.1 Å². The summed E-state index contributed by atoms with van der Waals surface area (Å²) in [4.78, 5) is 0. The van der Waals surface area contributed by atoms with Crippen molar-refractivity contribution in [2.75, 3.05) is 0 Å². The molecule has 0 saturated heterocycles. The molecule has 0 nitrogen and oxygen atoms in total. The maximum Gasteiger partial charge on any atom is 0.369 e. The Labute approximate surface area is 175 Å². The molecule has 9 unspecified atom stereocenters. The van der Waals surface area contributed by atoms with Gasteiger partial charge < -0.3 is 0 Å². The van der Waals surface area contributed by atoms with Gasteiger partial charge >= 0.3 is 14.1 Å². The van der Waals surface area contributed by atoms with E-state index >= 15 is 0 Å². The van der Waals surface area contributed by atoms with Crippen LogP contribution in [0.1, 0.15) is 38.5 Å². The molecule has 6 bridgehead atoms. The van der Waals surface area contributed by atoms with Gasteiger partial charge in [-0.1, -0.05) is 36.5 Å². The van der Waals surface area contributed by atoms with Crippen molar-refractivity contribution in [1.29, 1.82) is 0 Å². The summed E-state index contributed by atoms with van der Waals surface area (Å²) in [6.07, 6.45) is 23.5. The van der Waals surface area contributed by atoms with E-state index in [1.807, 2.05) is 13.3 Å². The van der Waals surface area contributed by atoms with Crippen LogP contribution >= 0.6 is 0 Å². The van der Waals surface area contributed by atoms with Crippen LogP contribution in [0.15, 0.2) is 69.5 Å². The van der Waals surface area contributed by atoms with Crippen LogP contribution in [0.5, 0.6) is 0 Å². The van der Waals surface area contributed by atoms with Gasteiger partial charge in [0.2, 0.25) is 0 Å². The van der Waals surface area contributed by atoms with E-state index in [1.165, 1.54) is 38.5 Å². The maximum atomic E-state index is 4.12. The third-order valence-corrected chi connectivity index (χ3v) is 13.5. The van der Waals surface area contributed by atoms with Crippen molar-refractivity contribution in [2.24, 2.45) is 53.3 Å². The molecule has 144 valence electrons. The Morgan fingerprint density at radius 3 is 1.11 bits per heavy atom. The molecule has 0 N–H and O–H groups in total. The highest BCUT2D eigenvalue weighted by Crippen LogP contribution is 2.58. The molecule has 9 atom stereocenters. The van der Waals surface area contributed by atoms with Crippen molar-refractivity contribution < 1.29 is 0 Å². The van der Waals surface area contributed by atoms with E-state index < -0.39 is 14.1 Å². The fourth-order valence-corrected chi connectivity index (χ4v) is 12.9. The number of allylic oxidation sites excluding steroid dienone is 9. The van der Waals surface area contributed by atoms with Gasteiger partial charge in [-0.2, -0.15) is 0 Å². The molecule has 0 aromatic rings. The van der Waals surface area contributed by atoms with Crippen molar-refractivity contribution >= 4 is 14.1 Å². The van der Waals surface area contributed by atoms with Crippen LogP contribution in [0.4, 0.5) is 0 Å². The zero-order valence-electron chi connectivity index (χ0n) is 17.1. The Morgan fingerprint density at radius 2 is 0.893 bits per heavy atom. The minimum Gasteiger partial charge on any atom is -0.121 e. The van der Waals surface area contributed by atoms with E-state index in [0.29, 0.717) is 0 Å². The highest BCUT2D eigenvalue weighted by molar-refractivity contribution is 6.81. The first-order valence-electron chi connectivity index (χ1n) is 11.7. The monoisotopic (exact) mass is 384 g/mol. The van der Waals surface area contributed by atoms with Gasteiger partial charge in [0.1, 0.15) is 0 Å². The van der Waals surface area contributed by atoms with Crippen molar-refractivity contribution in [1.82, 2.24) is 0 Å². The maximum absolute atomic E-state index is 4.12. The molecule has 0 heterocycles. The summed E-state index contributed by atoms with van der Waals surface area (Å²) in [7, 11) is 0. The largest absolute Gasteiger partial charge is 0.369 e. The van der Waals surface area contributed by atoms with Crippen molar-refractivity contribution in [3.05, 3.63) is 69.5 Å². The van der Waals surface area contributed by atoms with Crippen molar-refractivity contribution in [3.63, 3.8) is 0 Å². The van der Waals surface area contributed by atoms with E-state index in [9.17, 15) is 0 Å². The zero-order valence-corrected chi connectivity index (χ0v) is 18.3. The molecule has 1 heteroatoms. The molecule has 6 aliphatic rings. The molecule has 3 saturated carbocycles. The summed E-state index contributed by atoms with van der Waals surface area (Å²) < 4.78 is 5.85. The van der Waals surface area contributed by atoms with Crippen molar-refractivity contribution in [3.8, 4) is 0 Å². The lowest BCUT2D eigenvalue weighted by Crippen LogP contribution is -2.33. The average molecular weight is 385 g/mol. The third-order valence-electron chi connectivity index (χ3n) is 9.53. The number of rotatable bonds is 6. The smallest absolute Gasteiger partial charge is 0.121 e. The van der Waals surface area contributed by atoms with E-state index in [2.05, 4.69) is 56.2 Å². The Balaban J connectivity index is 1.39. The molecule has 6 rings (SSSR count). The van der Waals surface area contributed by atoms with Gasteiger partial charge in [0.25, 0.3) is 0 Å². The average Bonchev–Trinajstić information content (AvgIpc) is 3.54. The van der Waals surface area contributed by atoms with Crippen LogP contribution in [0.3, 0.4) is 0 Å². The molecule has 0 aromatic carbocycles. The van der Waals surface area contributed by atoms with Gasteiger partial charge in [-0.3, -0.25) is 0 Å². The minimum absolute atomic E-state index is 0.752. The quantitative estimate of drug-likeness (QED) is 0.367. The predicted molar refractivity (Wildman–Crippen MR) is 120 cm³/mol. The summed E-state index contributed by atoms with van der Waals surface area (Å²) in [5.41, 5.74) is 0. The van der Waals surface area contributed by atoms with Gasteiger partial charge in [0.05, 0.1) is 0 Å². The number of hydrogen-bond donors (Lipinski definition) is 0. The first-order valence-corrected chi connectivity index (χ1v) is 13.5. The zero-order chi connectivity index (χ0) is 19.0. The molecule has 3 fully saturated rings. The fourth-order valence-electron chi connectivity index (χ4n) is 8.24. The Kier molecular flexibility index (Phi) is 4.12. The molecule has 0 amide bonds. The first-order chi connectivity index (χ1) is 13.7. The van der Waals surface area contributed by atoms with Gasteiger partial charge in [-0.05, 0) is 91.8 Å². The summed E-state index contributed by atoms with van der Waals surface area (Å²) >= 11 is -1.16. The minimum atomic E-state index is -1.16. The molecule has 0 aromatic heterocycles. The Morgan fingerprint density at radius 1 is 0.571 bits per heavy atom. The van der Waals surface area contributed by atoms with Gasteiger partial charge in [-0.25, -0.2) is 0 Å². The first kappa shape index (κ1) is 17.8. The summed E-state index contributed by atoms with van der Waals surface area (Å²) in [5.74, 6) is 7.26. The lowest BCUT2D eigenvalue weighted by atomic mass is 9.93. The number of fused-ring (bicyclic) bond motifs is 6. The molecule has 0 aliphatic heterocycles. The standard InChI is InChI=1S/3C9H11.Al/c3*1-2-8-5-7-3-4-9(8)6-7;/h3*2,4,7-9H,1,5-6H2;. The van der Waals surface area contributed by atoms with Gasteiger partial charge in [0, 0.05) is 0 Å². The van der Waals surface area contributed by atoms with Crippen LogP contribution in [0.25, 0.3) is 0 Å². The van der Waals surface area contributed by atoms with E-state index in [1.54, 1.807) is 0 Å². The fraction of sp³-hybridized carbons (Fsp3) is 0.556. The predicted octanol–water partition coefficient (Wildman–Crippen LogP) is 6.40. The van der Waals surface area contributed by atoms with Crippen LogP contribution in [0, 0.1) is 53.3 Å². The SMILES string of the molecule is C=CC1CC2CC1C=[C]2[Al]([C]1=CC2CC1CC2C=C)[C]1=CC2CC1CC2C=C. The van der Waals surface area contributed by atoms with Gasteiger partial charge in [0.15, 0.2) is 0 Å². The second kappa shape index (κ2) is 6.49.